The molecule has 0 saturated carbocycles. The van der Waals surface area contributed by atoms with Crippen LogP contribution < -0.4 is 16.0 Å². The van der Waals surface area contributed by atoms with Gasteiger partial charge in [-0.2, -0.15) is 0 Å². The number of imidazole rings is 1. The standard InChI is InChI=1S/C35H63N7O6/c1-12-23(6)31(41(9)35(46)30(22(4)5)40-34(45)29(36-8)21(2)3)27(47-10)18-28(43)42-17-13-14-26(42)32(48-11)24(7)33(44)38-16-15-25-19-37-20-39-25/h19-24,26-27,29-32,36H,12-18H2,1-11H3,(H,37,39)(H,38,44)(H,40,45)/t23-,24+,26-,27+,29-,30?,31-,32+/m0/s1. The maximum atomic E-state index is 14.1. The van der Waals surface area contributed by atoms with Crippen molar-refractivity contribution in [1.29, 1.82) is 0 Å². The second-order valence-electron chi connectivity index (χ2n) is 13.9. The Morgan fingerprint density at radius 1 is 1.04 bits per heavy atom. The molecule has 0 bridgehead atoms. The average Bonchev–Trinajstić information content (AvgIpc) is 3.76. The highest BCUT2D eigenvalue weighted by Gasteiger charge is 2.43. The van der Waals surface area contributed by atoms with E-state index in [2.05, 4.69) is 32.8 Å². The van der Waals surface area contributed by atoms with E-state index in [9.17, 15) is 19.2 Å². The first-order chi connectivity index (χ1) is 22.7. The molecule has 8 atom stereocenters. The Hall–Kier alpha value is -3.03. The number of amides is 4. The van der Waals surface area contributed by atoms with Crippen molar-refractivity contribution in [1.82, 2.24) is 35.7 Å². The van der Waals surface area contributed by atoms with Crippen LogP contribution in [-0.4, -0.2) is 121 Å². The highest BCUT2D eigenvalue weighted by Crippen LogP contribution is 2.29. The zero-order valence-corrected chi connectivity index (χ0v) is 31.2. The highest BCUT2D eigenvalue weighted by atomic mass is 16.5. The molecule has 2 rings (SSSR count). The molecule has 0 radical (unpaired) electrons. The molecule has 13 heteroatoms. The van der Waals surface area contributed by atoms with Gasteiger partial charge in [0.05, 0.1) is 49.0 Å². The molecule has 0 spiro atoms. The predicted molar refractivity (Wildman–Crippen MR) is 186 cm³/mol. The third-order valence-corrected chi connectivity index (χ3v) is 10.00. The molecule has 1 saturated heterocycles. The summed E-state index contributed by atoms with van der Waals surface area (Å²) in [5, 5.41) is 9.02. The summed E-state index contributed by atoms with van der Waals surface area (Å²) in [7, 11) is 6.63. The summed E-state index contributed by atoms with van der Waals surface area (Å²) in [4.78, 5) is 64.9. The normalized spacial score (nSPS) is 19.4. The number of aromatic nitrogens is 2. The minimum atomic E-state index is -0.741. The number of hydrogen-bond donors (Lipinski definition) is 4. The van der Waals surface area contributed by atoms with Crippen molar-refractivity contribution >= 4 is 23.6 Å². The number of nitrogens with zero attached hydrogens (tertiary/aromatic N) is 3. The first kappa shape index (κ1) is 41.1. The van der Waals surface area contributed by atoms with Gasteiger partial charge in [0.2, 0.25) is 23.6 Å². The average molecular weight is 678 g/mol. The predicted octanol–water partition coefficient (Wildman–Crippen LogP) is 2.37. The number of ether oxygens (including phenoxy) is 2. The molecule has 1 unspecified atom stereocenters. The number of likely N-dealkylation sites (N-methyl/N-ethyl adjacent to an activating group) is 2. The lowest BCUT2D eigenvalue weighted by Crippen LogP contribution is -2.59. The number of carbonyl (C=O) groups excluding carboxylic acids is 4. The van der Waals surface area contributed by atoms with Gasteiger partial charge in [0, 0.05) is 52.7 Å². The second-order valence-corrected chi connectivity index (χ2v) is 13.9. The van der Waals surface area contributed by atoms with Crippen LogP contribution in [0.15, 0.2) is 12.5 Å². The van der Waals surface area contributed by atoms with Crippen molar-refractivity contribution in [3.05, 3.63) is 18.2 Å². The summed E-state index contributed by atoms with van der Waals surface area (Å²) < 4.78 is 11.9. The molecular formula is C35H63N7O6. The van der Waals surface area contributed by atoms with Gasteiger partial charge >= 0.3 is 0 Å². The van der Waals surface area contributed by atoms with Crippen molar-refractivity contribution in [2.24, 2.45) is 23.7 Å². The monoisotopic (exact) mass is 677 g/mol. The van der Waals surface area contributed by atoms with Crippen LogP contribution in [0.2, 0.25) is 0 Å². The topological polar surface area (TPSA) is 158 Å². The number of rotatable bonds is 20. The summed E-state index contributed by atoms with van der Waals surface area (Å²) in [6, 6.07) is -1.86. The fourth-order valence-electron chi connectivity index (χ4n) is 6.95. The zero-order valence-electron chi connectivity index (χ0n) is 31.2. The van der Waals surface area contributed by atoms with E-state index in [1.165, 1.54) is 0 Å². The van der Waals surface area contributed by atoms with Crippen LogP contribution in [0.1, 0.15) is 79.8 Å². The van der Waals surface area contributed by atoms with E-state index < -0.39 is 36.3 Å². The summed E-state index contributed by atoms with van der Waals surface area (Å²) in [5.74, 6) is -1.26. The molecule has 2 heterocycles. The minimum absolute atomic E-state index is 0.00695. The van der Waals surface area contributed by atoms with Gasteiger partial charge in [-0.15, -0.1) is 0 Å². The van der Waals surface area contributed by atoms with Crippen LogP contribution in [-0.2, 0) is 35.1 Å². The number of H-pyrrole nitrogens is 1. The van der Waals surface area contributed by atoms with Gasteiger partial charge in [-0.3, -0.25) is 19.2 Å². The molecule has 1 aromatic rings. The lowest BCUT2D eigenvalue weighted by molar-refractivity contribution is -0.147. The first-order valence-electron chi connectivity index (χ1n) is 17.6. The number of methoxy groups -OCH3 is 2. The SMILES string of the molecule is CC[C@H](C)[C@@H]([C@@H](CC(=O)N1CCC[C@H]1[C@H](OC)[C@@H](C)C(=O)NCCc1cnc[nH]1)OC)N(C)C(=O)C(NC(=O)[C@@H](NC)C(C)C)C(C)C. The molecule has 274 valence electrons. The van der Waals surface area contributed by atoms with Gasteiger partial charge in [-0.05, 0) is 37.6 Å². The summed E-state index contributed by atoms with van der Waals surface area (Å²) in [6.45, 7) is 14.7. The maximum absolute atomic E-state index is 14.1. The number of aromatic amines is 1. The number of hydrogen-bond acceptors (Lipinski definition) is 8. The maximum Gasteiger partial charge on any atom is 0.245 e. The molecule has 0 aliphatic carbocycles. The smallest absolute Gasteiger partial charge is 0.245 e. The zero-order chi connectivity index (χ0) is 36.1. The Morgan fingerprint density at radius 3 is 2.23 bits per heavy atom. The lowest BCUT2D eigenvalue weighted by Gasteiger charge is -2.41. The van der Waals surface area contributed by atoms with E-state index >= 15 is 0 Å². The van der Waals surface area contributed by atoms with Crippen LogP contribution >= 0.6 is 0 Å². The number of likely N-dealkylation sites (tertiary alicyclic amines) is 1. The van der Waals surface area contributed by atoms with Crippen LogP contribution in [0.25, 0.3) is 0 Å². The third kappa shape index (κ3) is 10.7. The lowest BCUT2D eigenvalue weighted by atomic mass is 9.89. The summed E-state index contributed by atoms with van der Waals surface area (Å²) >= 11 is 0. The summed E-state index contributed by atoms with van der Waals surface area (Å²) in [6.07, 6.45) is 5.25. The Morgan fingerprint density at radius 2 is 1.71 bits per heavy atom. The second kappa shape index (κ2) is 19.8. The van der Waals surface area contributed by atoms with Crippen molar-refractivity contribution in [2.45, 2.75) is 117 Å². The van der Waals surface area contributed by atoms with Gasteiger partial charge in [0.1, 0.15) is 6.04 Å². The minimum Gasteiger partial charge on any atom is -0.379 e. The van der Waals surface area contributed by atoms with E-state index in [4.69, 9.17) is 9.47 Å². The molecule has 48 heavy (non-hydrogen) atoms. The Balaban J connectivity index is 2.20. The molecule has 0 aromatic carbocycles. The molecular weight excluding hydrogens is 614 g/mol. The quantitative estimate of drug-likeness (QED) is 0.164. The van der Waals surface area contributed by atoms with E-state index in [0.717, 1.165) is 25.0 Å². The number of carbonyl (C=O) groups is 4. The Kier molecular flexibility index (Phi) is 17.0. The van der Waals surface area contributed by atoms with E-state index in [1.54, 1.807) is 45.7 Å². The van der Waals surface area contributed by atoms with Gasteiger partial charge in [-0.25, -0.2) is 4.98 Å². The van der Waals surface area contributed by atoms with E-state index in [1.807, 2.05) is 46.4 Å². The fourth-order valence-corrected chi connectivity index (χ4v) is 6.95. The van der Waals surface area contributed by atoms with E-state index in [0.29, 0.717) is 19.5 Å². The van der Waals surface area contributed by atoms with Crippen LogP contribution in [0, 0.1) is 23.7 Å². The first-order valence-corrected chi connectivity index (χ1v) is 17.6. The highest BCUT2D eigenvalue weighted by molar-refractivity contribution is 5.90. The molecule has 4 N–H and O–H groups in total. The molecule has 1 aliphatic rings. The molecule has 1 fully saturated rings. The molecule has 13 nitrogen and oxygen atoms in total. The van der Waals surface area contributed by atoms with Gasteiger partial charge in [0.15, 0.2) is 0 Å². The Labute approximate surface area is 288 Å². The van der Waals surface area contributed by atoms with Crippen molar-refractivity contribution in [3.63, 3.8) is 0 Å². The Bertz CT molecular complexity index is 1150. The van der Waals surface area contributed by atoms with Crippen molar-refractivity contribution < 1.29 is 28.7 Å². The molecule has 1 aliphatic heterocycles. The van der Waals surface area contributed by atoms with Crippen LogP contribution in [0.5, 0.6) is 0 Å². The van der Waals surface area contributed by atoms with Crippen LogP contribution in [0.3, 0.4) is 0 Å². The van der Waals surface area contributed by atoms with Crippen molar-refractivity contribution in [2.75, 3.05) is 41.4 Å². The fraction of sp³-hybridized carbons (Fsp3) is 0.800. The van der Waals surface area contributed by atoms with Gasteiger partial charge < -0.3 is 40.2 Å². The van der Waals surface area contributed by atoms with Crippen molar-refractivity contribution in [3.8, 4) is 0 Å². The van der Waals surface area contributed by atoms with Gasteiger partial charge in [0.25, 0.3) is 0 Å². The third-order valence-electron chi connectivity index (χ3n) is 10.00. The van der Waals surface area contributed by atoms with E-state index in [-0.39, 0.29) is 53.8 Å². The summed E-state index contributed by atoms with van der Waals surface area (Å²) in [5.41, 5.74) is 0.938. The molecule has 1 aromatic heterocycles. The van der Waals surface area contributed by atoms with Gasteiger partial charge in [-0.1, -0.05) is 54.9 Å². The number of nitrogens with one attached hydrogen (secondary N) is 4. The molecule has 4 amide bonds. The largest absolute Gasteiger partial charge is 0.379 e. The van der Waals surface area contributed by atoms with Crippen LogP contribution in [0.4, 0.5) is 0 Å².